The zero-order valence-electron chi connectivity index (χ0n) is 18.4. The van der Waals surface area contributed by atoms with Gasteiger partial charge in [-0.1, -0.05) is 24.3 Å². The second kappa shape index (κ2) is 10.2. The number of nitrogens with one attached hydrogen (secondary N) is 1. The Kier molecular flexibility index (Phi) is 7.33. The van der Waals surface area contributed by atoms with E-state index in [9.17, 15) is 13.2 Å². The van der Waals surface area contributed by atoms with E-state index in [1.807, 2.05) is 24.3 Å². The Labute approximate surface area is 193 Å². The summed E-state index contributed by atoms with van der Waals surface area (Å²) in [6.07, 6.45) is 0. The number of amides is 1. The maximum atomic E-state index is 12.4. The van der Waals surface area contributed by atoms with E-state index in [-0.39, 0.29) is 17.2 Å². The Balaban J connectivity index is 1.66. The quantitative estimate of drug-likeness (QED) is 0.545. The molecule has 3 rings (SSSR count). The van der Waals surface area contributed by atoms with Crippen LogP contribution in [0.3, 0.4) is 0 Å². The SMILES string of the molecule is COc1ccc(S(=O)(=O)N(C)C)cc1NC(=O)COc1ccc(-c2ccc(C#N)cc2)cc1. The standard InChI is InChI=1S/C24H23N3O5S/c1-27(2)33(29,30)21-12-13-23(31-3)22(14-21)26-24(28)16-32-20-10-8-19(9-11-20)18-6-4-17(15-25)5-7-18/h4-14H,16H2,1-3H3,(H,26,28). The predicted molar refractivity (Wildman–Crippen MR) is 125 cm³/mol. The predicted octanol–water partition coefficient (Wildman–Crippen LogP) is 3.50. The van der Waals surface area contributed by atoms with Gasteiger partial charge in [-0.15, -0.1) is 0 Å². The molecule has 0 saturated heterocycles. The average molecular weight is 466 g/mol. The number of nitrogens with zero attached hydrogens (tertiary/aromatic N) is 2. The van der Waals surface area contributed by atoms with Crippen LogP contribution in [-0.2, 0) is 14.8 Å². The number of carbonyl (C=O) groups excluding carboxylic acids is 1. The van der Waals surface area contributed by atoms with Crippen LogP contribution in [0.5, 0.6) is 11.5 Å². The molecule has 1 amide bonds. The number of anilines is 1. The molecular weight excluding hydrogens is 442 g/mol. The first-order chi connectivity index (χ1) is 15.7. The molecule has 0 spiro atoms. The minimum absolute atomic E-state index is 0.0305. The van der Waals surface area contributed by atoms with E-state index in [1.54, 1.807) is 24.3 Å². The summed E-state index contributed by atoms with van der Waals surface area (Å²) in [7, 11) is 0.618. The smallest absolute Gasteiger partial charge is 0.262 e. The zero-order chi connectivity index (χ0) is 24.0. The molecule has 170 valence electrons. The highest BCUT2D eigenvalue weighted by Crippen LogP contribution is 2.28. The molecule has 3 aromatic carbocycles. The number of hydrogen-bond donors (Lipinski definition) is 1. The van der Waals surface area contributed by atoms with Gasteiger partial charge >= 0.3 is 0 Å². The second-order valence-electron chi connectivity index (χ2n) is 7.20. The van der Waals surface area contributed by atoms with Crippen LogP contribution in [0.2, 0.25) is 0 Å². The minimum atomic E-state index is -3.67. The van der Waals surface area contributed by atoms with Crippen LogP contribution in [0.4, 0.5) is 5.69 Å². The fourth-order valence-corrected chi connectivity index (χ4v) is 3.90. The third-order valence-corrected chi connectivity index (χ3v) is 6.61. The molecule has 0 aliphatic carbocycles. The number of hydrogen-bond acceptors (Lipinski definition) is 6. The van der Waals surface area contributed by atoms with Crippen molar-refractivity contribution in [3.05, 3.63) is 72.3 Å². The van der Waals surface area contributed by atoms with E-state index in [2.05, 4.69) is 11.4 Å². The lowest BCUT2D eigenvalue weighted by atomic mass is 10.0. The van der Waals surface area contributed by atoms with Crippen molar-refractivity contribution in [2.45, 2.75) is 4.90 Å². The number of methoxy groups -OCH3 is 1. The van der Waals surface area contributed by atoms with Crippen molar-refractivity contribution >= 4 is 21.6 Å². The molecule has 0 aliphatic rings. The van der Waals surface area contributed by atoms with E-state index >= 15 is 0 Å². The summed E-state index contributed by atoms with van der Waals surface area (Å²) in [6, 6.07) is 20.7. The molecule has 0 atom stereocenters. The molecule has 9 heteroatoms. The van der Waals surface area contributed by atoms with Gasteiger partial charge in [-0.25, -0.2) is 12.7 Å². The summed E-state index contributed by atoms with van der Waals surface area (Å²) in [4.78, 5) is 12.5. The molecule has 1 N–H and O–H groups in total. The molecule has 0 bridgehead atoms. The van der Waals surface area contributed by atoms with Gasteiger partial charge in [-0.05, 0) is 53.6 Å². The Morgan fingerprint density at radius 2 is 1.61 bits per heavy atom. The van der Waals surface area contributed by atoms with E-state index in [0.29, 0.717) is 17.1 Å². The molecule has 0 fully saturated rings. The number of ether oxygens (including phenoxy) is 2. The molecule has 3 aromatic rings. The fourth-order valence-electron chi connectivity index (χ4n) is 2.97. The van der Waals surface area contributed by atoms with Gasteiger partial charge in [-0.3, -0.25) is 4.79 Å². The van der Waals surface area contributed by atoms with Crippen molar-refractivity contribution < 1.29 is 22.7 Å². The fraction of sp³-hybridized carbons (Fsp3) is 0.167. The van der Waals surface area contributed by atoms with Gasteiger partial charge < -0.3 is 14.8 Å². The Morgan fingerprint density at radius 3 is 2.15 bits per heavy atom. The van der Waals surface area contributed by atoms with Crippen molar-refractivity contribution in [2.24, 2.45) is 0 Å². The van der Waals surface area contributed by atoms with Gasteiger partial charge in [0.1, 0.15) is 11.5 Å². The third kappa shape index (κ3) is 5.68. The lowest BCUT2D eigenvalue weighted by Crippen LogP contribution is -2.23. The highest BCUT2D eigenvalue weighted by atomic mass is 32.2. The lowest BCUT2D eigenvalue weighted by Gasteiger charge is -2.15. The molecule has 8 nitrogen and oxygen atoms in total. The number of sulfonamides is 1. The number of benzene rings is 3. The normalized spacial score (nSPS) is 11.0. The average Bonchev–Trinajstić information content (AvgIpc) is 2.83. The molecule has 33 heavy (non-hydrogen) atoms. The van der Waals surface area contributed by atoms with E-state index in [0.717, 1.165) is 15.4 Å². The molecule has 0 saturated carbocycles. The first-order valence-corrected chi connectivity index (χ1v) is 11.3. The van der Waals surface area contributed by atoms with Crippen LogP contribution in [-0.4, -0.2) is 46.4 Å². The van der Waals surface area contributed by atoms with Crippen molar-refractivity contribution in [3.8, 4) is 28.7 Å². The monoisotopic (exact) mass is 465 g/mol. The van der Waals surface area contributed by atoms with Crippen molar-refractivity contribution in [2.75, 3.05) is 33.1 Å². The summed E-state index contributed by atoms with van der Waals surface area (Å²) in [5.74, 6) is 0.357. The number of rotatable bonds is 8. The van der Waals surface area contributed by atoms with Crippen LogP contribution in [0.1, 0.15) is 5.56 Å². The number of nitriles is 1. The van der Waals surface area contributed by atoms with Crippen LogP contribution in [0.25, 0.3) is 11.1 Å². The highest BCUT2D eigenvalue weighted by molar-refractivity contribution is 7.89. The molecule has 0 radical (unpaired) electrons. The number of carbonyl (C=O) groups is 1. The van der Waals surface area contributed by atoms with Gasteiger partial charge in [0.2, 0.25) is 10.0 Å². The summed E-state index contributed by atoms with van der Waals surface area (Å²) < 4.78 is 36.6. The summed E-state index contributed by atoms with van der Waals surface area (Å²) in [6.45, 7) is -0.274. The van der Waals surface area contributed by atoms with Gasteiger partial charge in [0.15, 0.2) is 6.61 Å². The van der Waals surface area contributed by atoms with Crippen molar-refractivity contribution in [1.82, 2.24) is 4.31 Å². The summed E-state index contributed by atoms with van der Waals surface area (Å²) >= 11 is 0. The maximum Gasteiger partial charge on any atom is 0.262 e. The molecular formula is C24H23N3O5S. The van der Waals surface area contributed by atoms with E-state index < -0.39 is 15.9 Å². The van der Waals surface area contributed by atoms with E-state index in [1.165, 1.54) is 39.4 Å². The second-order valence-corrected chi connectivity index (χ2v) is 9.35. The molecule has 0 unspecified atom stereocenters. The summed E-state index contributed by atoms with van der Waals surface area (Å²) in [5, 5.41) is 11.5. The topological polar surface area (TPSA) is 109 Å². The minimum Gasteiger partial charge on any atom is -0.495 e. The lowest BCUT2D eigenvalue weighted by molar-refractivity contribution is -0.118. The third-order valence-electron chi connectivity index (χ3n) is 4.80. The first kappa shape index (κ1) is 23.8. The largest absolute Gasteiger partial charge is 0.495 e. The maximum absolute atomic E-state index is 12.4. The van der Waals surface area contributed by atoms with Gasteiger partial charge in [0, 0.05) is 14.1 Å². The van der Waals surface area contributed by atoms with Crippen molar-refractivity contribution in [3.63, 3.8) is 0 Å². The van der Waals surface area contributed by atoms with Gasteiger partial charge in [-0.2, -0.15) is 5.26 Å². The summed E-state index contributed by atoms with van der Waals surface area (Å²) in [5.41, 5.74) is 2.72. The van der Waals surface area contributed by atoms with E-state index in [4.69, 9.17) is 14.7 Å². The molecule has 0 aliphatic heterocycles. The van der Waals surface area contributed by atoms with Crippen LogP contribution in [0, 0.1) is 11.3 Å². The molecule has 0 aromatic heterocycles. The molecule has 0 heterocycles. The van der Waals surface area contributed by atoms with Crippen LogP contribution >= 0.6 is 0 Å². The van der Waals surface area contributed by atoms with Gasteiger partial charge in [0.05, 0.1) is 29.3 Å². The van der Waals surface area contributed by atoms with Gasteiger partial charge in [0.25, 0.3) is 5.91 Å². The highest BCUT2D eigenvalue weighted by Gasteiger charge is 2.20. The first-order valence-electron chi connectivity index (χ1n) is 9.88. The Hall–Kier alpha value is -3.87. The van der Waals surface area contributed by atoms with Crippen molar-refractivity contribution in [1.29, 1.82) is 5.26 Å². The van der Waals surface area contributed by atoms with Crippen LogP contribution < -0.4 is 14.8 Å². The van der Waals surface area contributed by atoms with Crippen LogP contribution in [0.15, 0.2) is 71.6 Å². The zero-order valence-corrected chi connectivity index (χ0v) is 19.2. The Morgan fingerprint density at radius 1 is 1.00 bits per heavy atom. The Bertz CT molecular complexity index is 1280.